The van der Waals surface area contributed by atoms with Gasteiger partial charge in [-0.15, -0.1) is 11.8 Å². The molecule has 0 bridgehead atoms. The minimum atomic E-state index is -0.950. The molecule has 4 aromatic carbocycles. The molecule has 0 aromatic heterocycles. The van der Waals surface area contributed by atoms with Gasteiger partial charge in [0.15, 0.2) is 6.29 Å². The Labute approximate surface area is 297 Å². The first kappa shape index (κ1) is 36.8. The minimum absolute atomic E-state index is 0.0159. The summed E-state index contributed by atoms with van der Waals surface area (Å²) < 4.78 is 13.0. The smallest absolute Gasteiger partial charge is 0.335 e. The van der Waals surface area contributed by atoms with E-state index in [-0.39, 0.29) is 36.2 Å². The van der Waals surface area contributed by atoms with Crippen LogP contribution in [0.2, 0.25) is 0 Å². The summed E-state index contributed by atoms with van der Waals surface area (Å²) in [6.45, 7) is 2.57. The standard InChI is InChI=1S/C40H44N2O7S/c1-27(44)41-21-4-2-3-8-38(45)42-24-29-6-5-7-34(22-29)30-13-15-33(16-14-30)40-48-35(26-50-36-19-17-32(18-20-36)39(46)47)23-37(49-40)31-11-9-28(25-43)10-12-31/h5-7,9-20,22,35,37,40,43H,2-4,8,21,23-26H2,1H3,(H,41,44)(H,42,45)(H,46,47)/t35-,37+,40+/m1/s1. The van der Waals surface area contributed by atoms with Gasteiger partial charge in [-0.3, -0.25) is 9.59 Å². The van der Waals surface area contributed by atoms with Crippen LogP contribution in [-0.4, -0.2) is 46.4 Å². The number of aliphatic hydroxyl groups excluding tert-OH is 1. The number of rotatable bonds is 16. The fourth-order valence-corrected chi connectivity index (χ4v) is 6.66. The summed E-state index contributed by atoms with van der Waals surface area (Å²) in [6.07, 6.45) is 2.71. The van der Waals surface area contributed by atoms with E-state index < -0.39 is 12.3 Å². The first-order chi connectivity index (χ1) is 24.3. The van der Waals surface area contributed by atoms with Gasteiger partial charge >= 0.3 is 5.97 Å². The summed E-state index contributed by atoms with van der Waals surface area (Å²) in [5, 5.41) is 24.5. The Balaban J connectivity index is 1.20. The van der Waals surface area contributed by atoms with Gasteiger partial charge in [-0.2, -0.15) is 0 Å². The number of aromatic carboxylic acids is 1. The van der Waals surface area contributed by atoms with Crippen LogP contribution in [0.4, 0.5) is 0 Å². The molecule has 9 nitrogen and oxygen atoms in total. The highest BCUT2D eigenvalue weighted by Gasteiger charge is 2.32. The number of nitrogens with one attached hydrogen (secondary N) is 2. The van der Waals surface area contributed by atoms with Gasteiger partial charge in [-0.05, 0) is 71.0 Å². The SMILES string of the molecule is CC(=O)NCCCCCC(=O)NCc1cccc(-c2ccc([C@H]3O[C@@H](CSc4ccc(C(=O)O)cc4)C[C@@H](c4ccc(CO)cc4)O3)cc2)c1. The number of hydrogen-bond acceptors (Lipinski definition) is 7. The van der Waals surface area contributed by atoms with E-state index in [0.29, 0.717) is 31.7 Å². The van der Waals surface area contributed by atoms with Crippen molar-refractivity contribution in [2.24, 2.45) is 0 Å². The minimum Gasteiger partial charge on any atom is -0.478 e. The molecule has 262 valence electrons. The number of thioether (sulfide) groups is 1. The van der Waals surface area contributed by atoms with E-state index in [2.05, 4.69) is 16.7 Å². The molecule has 10 heteroatoms. The van der Waals surface area contributed by atoms with Crippen LogP contribution in [0, 0.1) is 0 Å². The Hall–Kier alpha value is -4.48. The molecule has 4 N–H and O–H groups in total. The monoisotopic (exact) mass is 696 g/mol. The van der Waals surface area contributed by atoms with Crippen molar-refractivity contribution in [3.63, 3.8) is 0 Å². The lowest BCUT2D eigenvalue weighted by Crippen LogP contribution is -2.31. The van der Waals surface area contributed by atoms with Gasteiger partial charge in [0.05, 0.1) is 24.4 Å². The van der Waals surface area contributed by atoms with E-state index in [1.807, 2.05) is 78.9 Å². The zero-order valence-corrected chi connectivity index (χ0v) is 29.0. The summed E-state index contributed by atoms with van der Waals surface area (Å²) in [6, 6.07) is 30.9. The first-order valence-corrected chi connectivity index (χ1v) is 17.9. The highest BCUT2D eigenvalue weighted by atomic mass is 32.2. The Morgan fingerprint density at radius 2 is 1.54 bits per heavy atom. The Morgan fingerprint density at radius 3 is 2.24 bits per heavy atom. The van der Waals surface area contributed by atoms with Crippen molar-refractivity contribution in [3.8, 4) is 11.1 Å². The van der Waals surface area contributed by atoms with Crippen LogP contribution in [-0.2, 0) is 32.2 Å². The van der Waals surface area contributed by atoms with Crippen molar-refractivity contribution >= 4 is 29.5 Å². The fraction of sp³-hybridized carbons (Fsp3) is 0.325. The van der Waals surface area contributed by atoms with E-state index in [4.69, 9.17) is 9.47 Å². The molecule has 1 heterocycles. The number of unbranched alkanes of at least 4 members (excludes halogenated alkanes) is 2. The van der Waals surface area contributed by atoms with Crippen LogP contribution in [0.25, 0.3) is 11.1 Å². The second kappa shape index (κ2) is 18.5. The lowest BCUT2D eigenvalue weighted by atomic mass is 9.99. The normalized spacial score (nSPS) is 17.2. The highest BCUT2D eigenvalue weighted by molar-refractivity contribution is 7.99. The van der Waals surface area contributed by atoms with E-state index in [1.165, 1.54) is 6.92 Å². The predicted molar refractivity (Wildman–Crippen MR) is 193 cm³/mol. The van der Waals surface area contributed by atoms with Crippen molar-refractivity contribution in [2.75, 3.05) is 12.3 Å². The molecule has 0 saturated carbocycles. The molecule has 3 atom stereocenters. The third kappa shape index (κ3) is 11.0. The van der Waals surface area contributed by atoms with E-state index in [1.54, 1.807) is 23.9 Å². The highest BCUT2D eigenvalue weighted by Crippen LogP contribution is 2.40. The Kier molecular flexibility index (Phi) is 13.6. The molecule has 1 saturated heterocycles. The van der Waals surface area contributed by atoms with Gasteiger partial charge < -0.3 is 30.3 Å². The van der Waals surface area contributed by atoms with E-state index in [9.17, 15) is 24.6 Å². The molecule has 50 heavy (non-hydrogen) atoms. The second-order valence-corrected chi connectivity index (χ2v) is 13.5. The van der Waals surface area contributed by atoms with Crippen LogP contribution < -0.4 is 10.6 Å². The molecule has 1 fully saturated rings. The predicted octanol–water partition coefficient (Wildman–Crippen LogP) is 7.19. The van der Waals surface area contributed by atoms with Crippen LogP contribution in [0.1, 0.15) is 84.0 Å². The van der Waals surface area contributed by atoms with Gasteiger partial charge in [-0.1, -0.05) is 73.2 Å². The summed E-state index contributed by atoms with van der Waals surface area (Å²) in [5.74, 6) is -0.303. The van der Waals surface area contributed by atoms with Crippen molar-refractivity contribution in [1.82, 2.24) is 10.6 Å². The van der Waals surface area contributed by atoms with Gasteiger partial charge in [0.25, 0.3) is 0 Å². The van der Waals surface area contributed by atoms with Crippen molar-refractivity contribution in [1.29, 1.82) is 0 Å². The first-order valence-electron chi connectivity index (χ1n) is 16.9. The topological polar surface area (TPSA) is 134 Å². The maximum atomic E-state index is 12.4. The summed E-state index contributed by atoms with van der Waals surface area (Å²) in [5.41, 5.74) is 6.08. The lowest BCUT2D eigenvalue weighted by Gasteiger charge is -2.36. The van der Waals surface area contributed by atoms with Gasteiger partial charge in [0.1, 0.15) is 0 Å². The molecular weight excluding hydrogens is 653 g/mol. The number of benzene rings is 4. The van der Waals surface area contributed by atoms with Crippen LogP contribution in [0.3, 0.4) is 0 Å². The van der Waals surface area contributed by atoms with Crippen LogP contribution in [0.5, 0.6) is 0 Å². The maximum Gasteiger partial charge on any atom is 0.335 e. The molecular formula is C40H44N2O7S. The van der Waals surface area contributed by atoms with Crippen molar-refractivity contribution in [2.45, 2.75) is 75.6 Å². The molecule has 4 aromatic rings. The van der Waals surface area contributed by atoms with Crippen molar-refractivity contribution < 1.29 is 34.1 Å². The number of carbonyl (C=O) groups is 3. The largest absolute Gasteiger partial charge is 0.478 e. The van der Waals surface area contributed by atoms with Crippen LogP contribution in [0.15, 0.2) is 102 Å². The van der Waals surface area contributed by atoms with E-state index >= 15 is 0 Å². The lowest BCUT2D eigenvalue weighted by molar-refractivity contribution is -0.245. The molecule has 0 spiro atoms. The zero-order valence-electron chi connectivity index (χ0n) is 28.2. The number of carboxylic acids is 1. The molecule has 2 amide bonds. The van der Waals surface area contributed by atoms with E-state index in [0.717, 1.165) is 57.5 Å². The van der Waals surface area contributed by atoms with Gasteiger partial charge in [0.2, 0.25) is 11.8 Å². The number of aliphatic hydroxyl groups is 1. The fourth-order valence-electron chi connectivity index (χ4n) is 5.74. The Morgan fingerprint density at radius 1 is 0.800 bits per heavy atom. The third-order valence-corrected chi connectivity index (χ3v) is 9.68. The summed E-state index contributed by atoms with van der Waals surface area (Å²) >= 11 is 1.62. The average Bonchev–Trinajstić information content (AvgIpc) is 3.14. The van der Waals surface area contributed by atoms with Crippen molar-refractivity contribution in [3.05, 3.63) is 125 Å². The van der Waals surface area contributed by atoms with Gasteiger partial charge in [-0.25, -0.2) is 4.79 Å². The maximum absolute atomic E-state index is 12.4. The number of carbonyl (C=O) groups excluding carboxylic acids is 2. The average molecular weight is 697 g/mol. The quantitative estimate of drug-likeness (QED) is 0.0715. The van der Waals surface area contributed by atoms with Gasteiger partial charge in [0, 0.05) is 49.1 Å². The number of ether oxygens (including phenoxy) is 2. The molecule has 1 aliphatic heterocycles. The molecule has 0 aliphatic carbocycles. The molecule has 0 unspecified atom stereocenters. The number of amides is 2. The zero-order chi connectivity index (χ0) is 35.3. The van der Waals surface area contributed by atoms with Crippen LogP contribution >= 0.6 is 11.8 Å². The second-order valence-electron chi connectivity index (χ2n) is 12.4. The number of carboxylic acid groups (broad SMARTS) is 1. The molecule has 5 rings (SSSR count). The number of hydrogen-bond donors (Lipinski definition) is 4. The third-order valence-electron chi connectivity index (χ3n) is 8.54. The Bertz CT molecular complexity index is 1710. The molecule has 0 radical (unpaired) electrons. The summed E-state index contributed by atoms with van der Waals surface area (Å²) in [4.78, 5) is 35.6. The molecule has 1 aliphatic rings. The summed E-state index contributed by atoms with van der Waals surface area (Å²) in [7, 11) is 0.